The topological polar surface area (TPSA) is 58.2 Å². The average molecular weight is 296 g/mol. The van der Waals surface area contributed by atoms with Crippen LogP contribution in [0.1, 0.15) is 22.8 Å². The van der Waals surface area contributed by atoms with E-state index in [0.29, 0.717) is 11.3 Å². The Morgan fingerprint density at radius 2 is 1.77 bits per heavy atom. The molecular formula is C18H20N2O2. The van der Waals surface area contributed by atoms with Gasteiger partial charge in [0.05, 0.1) is 6.54 Å². The van der Waals surface area contributed by atoms with E-state index in [1.54, 1.807) is 24.3 Å². The summed E-state index contributed by atoms with van der Waals surface area (Å²) in [6.07, 6.45) is 0.883. The Balaban J connectivity index is 1.74. The lowest BCUT2D eigenvalue weighted by Gasteiger charge is -2.08. The molecule has 114 valence electrons. The van der Waals surface area contributed by atoms with Crippen LogP contribution in [0.5, 0.6) is 0 Å². The first kappa shape index (κ1) is 15.9. The van der Waals surface area contributed by atoms with Crippen molar-refractivity contribution < 1.29 is 9.59 Å². The summed E-state index contributed by atoms with van der Waals surface area (Å²) in [5.74, 6) is -0.133. The third-order valence-corrected chi connectivity index (χ3v) is 3.27. The van der Waals surface area contributed by atoms with E-state index in [1.807, 2.05) is 18.2 Å². The molecule has 0 aliphatic carbocycles. The third kappa shape index (κ3) is 5.14. The average Bonchev–Trinajstić information content (AvgIpc) is 2.53. The van der Waals surface area contributed by atoms with E-state index in [2.05, 4.69) is 22.8 Å². The number of ketones is 1. The van der Waals surface area contributed by atoms with Gasteiger partial charge >= 0.3 is 0 Å². The SMILES string of the molecule is CC(=O)c1cccc(NC(=O)CNCCc2ccccc2)c1. The molecule has 4 heteroatoms. The molecule has 4 nitrogen and oxygen atoms in total. The Bertz CT molecular complexity index is 639. The lowest BCUT2D eigenvalue weighted by Crippen LogP contribution is -2.29. The van der Waals surface area contributed by atoms with Crippen LogP contribution in [0.15, 0.2) is 54.6 Å². The van der Waals surface area contributed by atoms with Gasteiger partial charge in [0.2, 0.25) is 5.91 Å². The fourth-order valence-electron chi connectivity index (χ4n) is 2.10. The molecule has 2 aromatic carbocycles. The molecule has 0 radical (unpaired) electrons. The second-order valence-corrected chi connectivity index (χ2v) is 5.10. The van der Waals surface area contributed by atoms with Gasteiger partial charge in [0.1, 0.15) is 0 Å². The number of nitrogens with one attached hydrogen (secondary N) is 2. The molecule has 1 amide bonds. The summed E-state index contributed by atoms with van der Waals surface area (Å²) in [5.41, 5.74) is 2.47. The third-order valence-electron chi connectivity index (χ3n) is 3.27. The van der Waals surface area contributed by atoms with Crippen LogP contribution in [0.3, 0.4) is 0 Å². The number of Topliss-reactive ketones (excluding diaryl/α,β-unsaturated/α-hetero) is 1. The van der Waals surface area contributed by atoms with Crippen LogP contribution in [-0.2, 0) is 11.2 Å². The summed E-state index contributed by atoms with van der Waals surface area (Å²) in [4.78, 5) is 23.2. The molecule has 0 bridgehead atoms. The zero-order chi connectivity index (χ0) is 15.8. The van der Waals surface area contributed by atoms with Gasteiger partial charge in [-0.25, -0.2) is 0 Å². The zero-order valence-electron chi connectivity index (χ0n) is 12.6. The summed E-state index contributed by atoms with van der Waals surface area (Å²) in [7, 11) is 0. The van der Waals surface area contributed by atoms with Gasteiger partial charge in [-0.15, -0.1) is 0 Å². The monoisotopic (exact) mass is 296 g/mol. The Morgan fingerprint density at radius 3 is 2.50 bits per heavy atom. The van der Waals surface area contributed by atoms with Gasteiger partial charge in [-0.1, -0.05) is 42.5 Å². The number of rotatable bonds is 7. The normalized spacial score (nSPS) is 10.2. The quantitative estimate of drug-likeness (QED) is 0.610. The van der Waals surface area contributed by atoms with E-state index in [-0.39, 0.29) is 18.2 Å². The highest BCUT2D eigenvalue weighted by atomic mass is 16.2. The summed E-state index contributed by atoms with van der Waals surface area (Å²) in [6.45, 7) is 2.49. The van der Waals surface area contributed by atoms with Gasteiger partial charge in [0, 0.05) is 11.3 Å². The Labute approximate surface area is 130 Å². The van der Waals surface area contributed by atoms with E-state index in [0.717, 1.165) is 13.0 Å². The van der Waals surface area contributed by atoms with Gasteiger partial charge in [-0.2, -0.15) is 0 Å². The van der Waals surface area contributed by atoms with Crippen molar-refractivity contribution in [2.45, 2.75) is 13.3 Å². The van der Waals surface area contributed by atoms with Crippen molar-refractivity contribution in [1.29, 1.82) is 0 Å². The van der Waals surface area contributed by atoms with Crippen molar-refractivity contribution in [3.63, 3.8) is 0 Å². The molecule has 0 unspecified atom stereocenters. The number of anilines is 1. The maximum atomic E-state index is 11.8. The Morgan fingerprint density at radius 1 is 1.00 bits per heavy atom. The highest BCUT2D eigenvalue weighted by Crippen LogP contribution is 2.10. The van der Waals surface area contributed by atoms with Crippen molar-refractivity contribution in [2.75, 3.05) is 18.4 Å². The lowest BCUT2D eigenvalue weighted by molar-refractivity contribution is -0.115. The van der Waals surface area contributed by atoms with Crippen LogP contribution >= 0.6 is 0 Å². The predicted molar refractivity (Wildman–Crippen MR) is 88.1 cm³/mol. The van der Waals surface area contributed by atoms with Crippen molar-refractivity contribution in [2.24, 2.45) is 0 Å². The first-order valence-electron chi connectivity index (χ1n) is 7.30. The lowest BCUT2D eigenvalue weighted by atomic mass is 10.1. The van der Waals surface area contributed by atoms with Crippen LogP contribution in [-0.4, -0.2) is 24.8 Å². The molecule has 0 heterocycles. The molecule has 2 N–H and O–H groups in total. The maximum absolute atomic E-state index is 11.8. The molecule has 0 spiro atoms. The number of benzene rings is 2. The van der Waals surface area contributed by atoms with Gasteiger partial charge in [-0.05, 0) is 37.6 Å². The Hall–Kier alpha value is -2.46. The van der Waals surface area contributed by atoms with E-state index >= 15 is 0 Å². The maximum Gasteiger partial charge on any atom is 0.238 e. The molecule has 0 atom stereocenters. The first-order valence-corrected chi connectivity index (χ1v) is 7.30. The fourth-order valence-corrected chi connectivity index (χ4v) is 2.10. The molecule has 0 saturated heterocycles. The summed E-state index contributed by atoms with van der Waals surface area (Å²) < 4.78 is 0. The predicted octanol–water partition coefficient (Wildman–Crippen LogP) is 2.66. The number of hydrogen-bond donors (Lipinski definition) is 2. The minimum Gasteiger partial charge on any atom is -0.325 e. The van der Waals surface area contributed by atoms with E-state index < -0.39 is 0 Å². The minimum absolute atomic E-state index is 0.0166. The molecule has 0 aliphatic heterocycles. The molecule has 0 fully saturated rings. The van der Waals surface area contributed by atoms with Gasteiger partial charge in [0.25, 0.3) is 0 Å². The molecular weight excluding hydrogens is 276 g/mol. The Kier molecular flexibility index (Phi) is 5.86. The first-order chi connectivity index (χ1) is 10.6. The molecule has 0 aliphatic rings. The van der Waals surface area contributed by atoms with Crippen LogP contribution in [0.2, 0.25) is 0 Å². The van der Waals surface area contributed by atoms with Gasteiger partial charge in [-0.3, -0.25) is 9.59 Å². The highest BCUT2D eigenvalue weighted by molar-refractivity contribution is 5.97. The van der Waals surface area contributed by atoms with Crippen LogP contribution < -0.4 is 10.6 Å². The number of carbonyl (C=O) groups excluding carboxylic acids is 2. The van der Waals surface area contributed by atoms with Gasteiger partial charge in [0.15, 0.2) is 5.78 Å². The number of carbonyl (C=O) groups is 2. The van der Waals surface area contributed by atoms with E-state index in [9.17, 15) is 9.59 Å². The van der Waals surface area contributed by atoms with Gasteiger partial charge < -0.3 is 10.6 Å². The van der Waals surface area contributed by atoms with Crippen molar-refractivity contribution in [3.05, 3.63) is 65.7 Å². The number of hydrogen-bond acceptors (Lipinski definition) is 3. The molecule has 0 saturated carbocycles. The molecule has 22 heavy (non-hydrogen) atoms. The minimum atomic E-state index is -0.117. The zero-order valence-corrected chi connectivity index (χ0v) is 12.6. The highest BCUT2D eigenvalue weighted by Gasteiger charge is 2.04. The summed E-state index contributed by atoms with van der Waals surface area (Å²) in [6, 6.07) is 17.1. The fraction of sp³-hybridized carbons (Fsp3) is 0.222. The second-order valence-electron chi connectivity index (χ2n) is 5.10. The summed E-state index contributed by atoms with van der Waals surface area (Å²) in [5, 5.41) is 5.89. The van der Waals surface area contributed by atoms with Crippen LogP contribution in [0.4, 0.5) is 5.69 Å². The van der Waals surface area contributed by atoms with Crippen LogP contribution in [0.25, 0.3) is 0 Å². The molecule has 2 rings (SSSR count). The largest absolute Gasteiger partial charge is 0.325 e. The van der Waals surface area contributed by atoms with Crippen molar-refractivity contribution in [1.82, 2.24) is 5.32 Å². The number of amides is 1. The van der Waals surface area contributed by atoms with Crippen molar-refractivity contribution >= 4 is 17.4 Å². The summed E-state index contributed by atoms with van der Waals surface area (Å²) >= 11 is 0. The van der Waals surface area contributed by atoms with E-state index in [1.165, 1.54) is 12.5 Å². The van der Waals surface area contributed by atoms with Crippen molar-refractivity contribution in [3.8, 4) is 0 Å². The van der Waals surface area contributed by atoms with Crippen LogP contribution in [0, 0.1) is 0 Å². The standard InChI is InChI=1S/C18H20N2O2/c1-14(21)16-8-5-9-17(12-16)20-18(22)13-19-11-10-15-6-3-2-4-7-15/h2-9,12,19H,10-11,13H2,1H3,(H,20,22). The smallest absolute Gasteiger partial charge is 0.238 e. The van der Waals surface area contributed by atoms with E-state index in [4.69, 9.17) is 0 Å². The molecule has 0 aromatic heterocycles. The molecule has 2 aromatic rings. The second kappa shape index (κ2) is 8.10.